The normalized spacial score (nSPS) is 23.8. The first-order chi connectivity index (χ1) is 10.0. The van der Waals surface area contributed by atoms with E-state index < -0.39 is 11.6 Å². The van der Waals surface area contributed by atoms with Gasteiger partial charge in [-0.3, -0.25) is 9.59 Å². The van der Waals surface area contributed by atoms with E-state index in [1.165, 1.54) is 0 Å². The van der Waals surface area contributed by atoms with Crippen molar-refractivity contribution < 1.29 is 9.59 Å². The maximum Gasteiger partial charge on any atom is 0.249 e. The van der Waals surface area contributed by atoms with Gasteiger partial charge in [-0.25, -0.2) is 0 Å². The number of benzene rings is 1. The number of hydrogen-bond acceptors (Lipinski definition) is 3. The molecule has 0 spiro atoms. The highest BCUT2D eigenvalue weighted by Crippen LogP contribution is 2.33. The Morgan fingerprint density at radius 3 is 2.76 bits per heavy atom. The lowest BCUT2D eigenvalue weighted by Crippen LogP contribution is -2.56. The number of nitrogens with two attached hydrogens (primary N) is 1. The number of carbonyl (C=O) groups excluding carboxylic acids is 2. The van der Waals surface area contributed by atoms with Crippen LogP contribution >= 0.6 is 11.6 Å². The first kappa shape index (κ1) is 14.4. The SMILES string of the molecule is NC1(C(=O)NC2CCCN(c3ccccc3Cl)C2=O)CC1. The molecule has 1 atom stereocenters. The van der Waals surface area contributed by atoms with E-state index in [2.05, 4.69) is 5.32 Å². The maximum atomic E-state index is 12.6. The summed E-state index contributed by atoms with van der Waals surface area (Å²) in [5.41, 5.74) is 5.80. The predicted octanol–water partition coefficient (Wildman–Crippen LogP) is 1.44. The molecule has 5 nitrogen and oxygen atoms in total. The topological polar surface area (TPSA) is 75.4 Å². The Bertz CT molecular complexity index is 586. The van der Waals surface area contributed by atoms with E-state index in [1.807, 2.05) is 18.2 Å². The molecule has 1 aliphatic heterocycles. The number of amides is 2. The van der Waals surface area contributed by atoms with Crippen LogP contribution in [-0.2, 0) is 9.59 Å². The molecule has 112 valence electrons. The van der Waals surface area contributed by atoms with Gasteiger partial charge >= 0.3 is 0 Å². The molecule has 6 heteroatoms. The van der Waals surface area contributed by atoms with Crippen molar-refractivity contribution in [1.82, 2.24) is 5.32 Å². The fraction of sp³-hybridized carbons (Fsp3) is 0.467. The molecule has 3 N–H and O–H groups in total. The Morgan fingerprint density at radius 2 is 2.10 bits per heavy atom. The predicted molar refractivity (Wildman–Crippen MR) is 81.1 cm³/mol. The van der Waals surface area contributed by atoms with E-state index in [4.69, 9.17) is 17.3 Å². The lowest BCUT2D eigenvalue weighted by atomic mass is 10.0. The number of para-hydroxylation sites is 1. The molecule has 1 heterocycles. The highest BCUT2D eigenvalue weighted by atomic mass is 35.5. The van der Waals surface area contributed by atoms with Crippen LogP contribution in [0.4, 0.5) is 5.69 Å². The van der Waals surface area contributed by atoms with Crippen molar-refractivity contribution >= 4 is 29.1 Å². The minimum Gasteiger partial charge on any atom is -0.343 e. The molecule has 1 aromatic rings. The zero-order chi connectivity index (χ0) is 15.0. The van der Waals surface area contributed by atoms with E-state index >= 15 is 0 Å². The Labute approximate surface area is 128 Å². The zero-order valence-corrected chi connectivity index (χ0v) is 12.4. The van der Waals surface area contributed by atoms with Crippen molar-refractivity contribution in [2.75, 3.05) is 11.4 Å². The van der Waals surface area contributed by atoms with Crippen molar-refractivity contribution in [2.45, 2.75) is 37.3 Å². The zero-order valence-electron chi connectivity index (χ0n) is 11.6. The van der Waals surface area contributed by atoms with E-state index in [1.54, 1.807) is 11.0 Å². The number of rotatable bonds is 3. The highest BCUT2D eigenvalue weighted by molar-refractivity contribution is 6.33. The lowest BCUT2D eigenvalue weighted by Gasteiger charge is -2.33. The Hall–Kier alpha value is -1.59. The maximum absolute atomic E-state index is 12.6. The molecule has 1 aromatic carbocycles. The molecular weight excluding hydrogens is 290 g/mol. The van der Waals surface area contributed by atoms with Crippen LogP contribution in [-0.4, -0.2) is 29.9 Å². The number of hydrogen-bond donors (Lipinski definition) is 2. The molecule has 2 fully saturated rings. The average Bonchev–Trinajstić information content (AvgIpc) is 3.21. The summed E-state index contributed by atoms with van der Waals surface area (Å²) in [4.78, 5) is 26.2. The standard InChI is InChI=1S/C15H18ClN3O2/c16-10-4-1-2-6-12(10)19-9-3-5-11(13(19)20)18-14(21)15(17)7-8-15/h1-2,4,6,11H,3,5,7-9,17H2,(H,18,21). The molecule has 0 radical (unpaired) electrons. The summed E-state index contributed by atoms with van der Waals surface area (Å²) in [6.07, 6.45) is 2.84. The van der Waals surface area contributed by atoms with Gasteiger partial charge in [0.2, 0.25) is 11.8 Å². The molecule has 1 saturated heterocycles. The van der Waals surface area contributed by atoms with Crippen molar-refractivity contribution in [3.63, 3.8) is 0 Å². The number of anilines is 1. The third kappa shape index (κ3) is 2.76. The summed E-state index contributed by atoms with van der Waals surface area (Å²) in [5.74, 6) is -0.339. The van der Waals surface area contributed by atoms with Crippen LogP contribution in [0.2, 0.25) is 5.02 Å². The van der Waals surface area contributed by atoms with Crippen LogP contribution in [0.15, 0.2) is 24.3 Å². The molecule has 1 unspecified atom stereocenters. The third-order valence-corrected chi connectivity index (χ3v) is 4.45. The van der Waals surface area contributed by atoms with Gasteiger partial charge in [-0.15, -0.1) is 0 Å². The van der Waals surface area contributed by atoms with Crippen LogP contribution in [0, 0.1) is 0 Å². The first-order valence-corrected chi connectivity index (χ1v) is 7.55. The van der Waals surface area contributed by atoms with E-state index in [0.717, 1.165) is 6.42 Å². The summed E-state index contributed by atoms with van der Waals surface area (Å²) in [7, 11) is 0. The number of halogens is 1. The van der Waals surface area contributed by atoms with Crippen molar-refractivity contribution in [3.05, 3.63) is 29.3 Å². The van der Waals surface area contributed by atoms with E-state index in [0.29, 0.717) is 36.5 Å². The van der Waals surface area contributed by atoms with Gasteiger partial charge in [-0.05, 0) is 37.8 Å². The van der Waals surface area contributed by atoms with E-state index in [9.17, 15) is 9.59 Å². The lowest BCUT2D eigenvalue weighted by molar-refractivity contribution is -0.129. The minimum absolute atomic E-state index is 0.119. The summed E-state index contributed by atoms with van der Waals surface area (Å²) in [5, 5.41) is 3.33. The van der Waals surface area contributed by atoms with Crippen LogP contribution in [0.3, 0.4) is 0 Å². The Balaban J connectivity index is 1.75. The number of nitrogens with one attached hydrogen (secondary N) is 1. The van der Waals surface area contributed by atoms with Crippen LogP contribution in [0.25, 0.3) is 0 Å². The molecule has 0 aromatic heterocycles. The summed E-state index contributed by atoms with van der Waals surface area (Å²) in [6.45, 7) is 0.614. The third-order valence-electron chi connectivity index (χ3n) is 4.13. The van der Waals surface area contributed by atoms with E-state index in [-0.39, 0.29) is 11.8 Å². The second-order valence-corrected chi connectivity index (χ2v) is 6.17. The van der Waals surface area contributed by atoms with Gasteiger partial charge in [-0.2, -0.15) is 0 Å². The molecular formula is C15H18ClN3O2. The second-order valence-electron chi connectivity index (χ2n) is 5.77. The fourth-order valence-electron chi connectivity index (χ4n) is 2.58. The highest BCUT2D eigenvalue weighted by Gasteiger charge is 2.47. The van der Waals surface area contributed by atoms with Gasteiger partial charge in [0.05, 0.1) is 16.2 Å². The molecule has 0 bridgehead atoms. The molecule has 2 aliphatic rings. The number of carbonyl (C=O) groups is 2. The van der Waals surface area contributed by atoms with Gasteiger partial charge in [0.25, 0.3) is 0 Å². The van der Waals surface area contributed by atoms with Crippen LogP contribution < -0.4 is 16.0 Å². The van der Waals surface area contributed by atoms with Gasteiger partial charge in [0.15, 0.2) is 0 Å². The molecule has 3 rings (SSSR count). The Morgan fingerprint density at radius 1 is 1.38 bits per heavy atom. The second kappa shape index (κ2) is 5.31. The smallest absolute Gasteiger partial charge is 0.249 e. The summed E-state index contributed by atoms with van der Waals surface area (Å²) >= 11 is 6.16. The van der Waals surface area contributed by atoms with Gasteiger partial charge in [0, 0.05) is 6.54 Å². The minimum atomic E-state index is -0.757. The monoisotopic (exact) mass is 307 g/mol. The summed E-state index contributed by atoms with van der Waals surface area (Å²) in [6, 6.07) is 6.73. The molecule has 1 aliphatic carbocycles. The van der Waals surface area contributed by atoms with Crippen LogP contribution in [0.1, 0.15) is 25.7 Å². The van der Waals surface area contributed by atoms with Crippen molar-refractivity contribution in [2.24, 2.45) is 5.73 Å². The average molecular weight is 308 g/mol. The molecule has 21 heavy (non-hydrogen) atoms. The van der Waals surface area contributed by atoms with Crippen LogP contribution in [0.5, 0.6) is 0 Å². The first-order valence-electron chi connectivity index (χ1n) is 7.17. The van der Waals surface area contributed by atoms with Crippen molar-refractivity contribution in [3.8, 4) is 0 Å². The van der Waals surface area contributed by atoms with Gasteiger partial charge in [-0.1, -0.05) is 23.7 Å². The molecule has 2 amide bonds. The summed E-state index contributed by atoms with van der Waals surface area (Å²) < 4.78 is 0. The Kier molecular flexibility index (Phi) is 3.63. The number of piperidine rings is 1. The van der Waals surface area contributed by atoms with Gasteiger partial charge < -0.3 is 16.0 Å². The number of nitrogens with zero attached hydrogens (tertiary/aromatic N) is 1. The van der Waals surface area contributed by atoms with Crippen molar-refractivity contribution in [1.29, 1.82) is 0 Å². The molecule has 1 saturated carbocycles. The fourth-order valence-corrected chi connectivity index (χ4v) is 2.82. The largest absolute Gasteiger partial charge is 0.343 e. The van der Waals surface area contributed by atoms with Gasteiger partial charge in [0.1, 0.15) is 6.04 Å². The quantitative estimate of drug-likeness (QED) is 0.887.